The Kier molecular flexibility index (Phi) is 3.13. The molecule has 0 bridgehead atoms. The topological polar surface area (TPSA) is 3.24 Å². The molecule has 0 aromatic heterocycles. The van der Waals surface area contributed by atoms with E-state index in [1.54, 1.807) is 0 Å². The quantitative estimate of drug-likeness (QED) is 0.443. The minimum atomic E-state index is 0.829. The lowest BCUT2D eigenvalue weighted by atomic mass is 9.95. The lowest BCUT2D eigenvalue weighted by Gasteiger charge is -2.45. The number of allylic oxidation sites excluding steroid dienone is 1. The zero-order valence-electron chi connectivity index (χ0n) is 7.71. The third-order valence-corrected chi connectivity index (χ3v) is 2.64. The second kappa shape index (κ2) is 3.91. The van der Waals surface area contributed by atoms with Crippen LogP contribution in [0.25, 0.3) is 0 Å². The standard InChI is InChI=1S/C10H19N/c1-4-5-6-7-11-9(2)8-10(11)3/h4,9-10H,1,5-8H2,2-3H3. The largest absolute Gasteiger partial charge is 0.298 e. The summed E-state index contributed by atoms with van der Waals surface area (Å²) in [5.74, 6) is 0. The average Bonchev–Trinajstić information content (AvgIpc) is 1.98. The van der Waals surface area contributed by atoms with Crippen LogP contribution in [-0.4, -0.2) is 23.5 Å². The predicted octanol–water partition coefficient (Wildman–Crippen LogP) is 2.44. The molecule has 11 heavy (non-hydrogen) atoms. The first kappa shape index (κ1) is 8.79. The van der Waals surface area contributed by atoms with Gasteiger partial charge in [-0.2, -0.15) is 0 Å². The number of hydrogen-bond acceptors (Lipinski definition) is 1. The van der Waals surface area contributed by atoms with Crippen molar-refractivity contribution in [3.8, 4) is 0 Å². The van der Waals surface area contributed by atoms with E-state index in [4.69, 9.17) is 0 Å². The van der Waals surface area contributed by atoms with Crippen molar-refractivity contribution >= 4 is 0 Å². The maximum atomic E-state index is 3.72. The van der Waals surface area contributed by atoms with E-state index in [2.05, 4.69) is 25.3 Å². The molecule has 0 aromatic carbocycles. The van der Waals surface area contributed by atoms with Crippen LogP contribution in [0.15, 0.2) is 12.7 Å². The fourth-order valence-corrected chi connectivity index (χ4v) is 1.92. The number of hydrogen-bond donors (Lipinski definition) is 0. The van der Waals surface area contributed by atoms with Crippen molar-refractivity contribution in [1.82, 2.24) is 4.90 Å². The van der Waals surface area contributed by atoms with Gasteiger partial charge in [-0.15, -0.1) is 6.58 Å². The van der Waals surface area contributed by atoms with Gasteiger partial charge in [0.15, 0.2) is 0 Å². The van der Waals surface area contributed by atoms with Crippen LogP contribution in [0.1, 0.15) is 33.1 Å². The summed E-state index contributed by atoms with van der Waals surface area (Å²) in [6, 6.07) is 1.66. The van der Waals surface area contributed by atoms with Gasteiger partial charge in [-0.3, -0.25) is 4.90 Å². The summed E-state index contributed by atoms with van der Waals surface area (Å²) in [5.41, 5.74) is 0. The first-order valence-corrected chi connectivity index (χ1v) is 4.62. The van der Waals surface area contributed by atoms with Crippen molar-refractivity contribution in [2.45, 2.75) is 45.2 Å². The van der Waals surface area contributed by atoms with Gasteiger partial charge in [0.2, 0.25) is 0 Å². The third kappa shape index (κ3) is 2.06. The molecule has 0 radical (unpaired) electrons. The summed E-state index contributed by atoms with van der Waals surface area (Å²) in [4.78, 5) is 2.57. The van der Waals surface area contributed by atoms with Crippen molar-refractivity contribution < 1.29 is 0 Å². The van der Waals surface area contributed by atoms with E-state index in [9.17, 15) is 0 Å². The summed E-state index contributed by atoms with van der Waals surface area (Å²) < 4.78 is 0. The van der Waals surface area contributed by atoms with Gasteiger partial charge >= 0.3 is 0 Å². The maximum absolute atomic E-state index is 3.72. The van der Waals surface area contributed by atoms with Crippen LogP contribution in [0.3, 0.4) is 0 Å². The molecule has 0 spiro atoms. The number of unbranched alkanes of at least 4 members (excludes halogenated alkanes) is 1. The molecule has 2 unspecified atom stereocenters. The second-order valence-corrected chi connectivity index (χ2v) is 3.60. The Bertz CT molecular complexity index is 123. The van der Waals surface area contributed by atoms with Crippen LogP contribution in [0, 0.1) is 0 Å². The SMILES string of the molecule is C=CCCCN1C(C)CC1C. The minimum Gasteiger partial charge on any atom is -0.298 e. The van der Waals surface area contributed by atoms with E-state index in [0.29, 0.717) is 0 Å². The second-order valence-electron chi connectivity index (χ2n) is 3.60. The van der Waals surface area contributed by atoms with E-state index >= 15 is 0 Å². The summed E-state index contributed by atoms with van der Waals surface area (Å²) in [6.45, 7) is 9.61. The highest BCUT2D eigenvalue weighted by Crippen LogP contribution is 2.24. The Hall–Kier alpha value is -0.300. The highest BCUT2D eigenvalue weighted by molar-refractivity contribution is 4.86. The number of likely N-dealkylation sites (tertiary alicyclic amines) is 1. The van der Waals surface area contributed by atoms with Crippen LogP contribution in [0.4, 0.5) is 0 Å². The van der Waals surface area contributed by atoms with Crippen LogP contribution in [0.5, 0.6) is 0 Å². The van der Waals surface area contributed by atoms with E-state index in [1.165, 1.54) is 19.4 Å². The molecular formula is C10H19N. The van der Waals surface area contributed by atoms with E-state index in [-0.39, 0.29) is 0 Å². The van der Waals surface area contributed by atoms with Crippen molar-refractivity contribution in [3.05, 3.63) is 12.7 Å². The van der Waals surface area contributed by atoms with Crippen LogP contribution in [-0.2, 0) is 0 Å². The molecule has 0 N–H and O–H groups in total. The van der Waals surface area contributed by atoms with Crippen LogP contribution in [0.2, 0.25) is 0 Å². The monoisotopic (exact) mass is 153 g/mol. The average molecular weight is 153 g/mol. The molecule has 64 valence electrons. The van der Waals surface area contributed by atoms with Crippen molar-refractivity contribution in [2.24, 2.45) is 0 Å². The van der Waals surface area contributed by atoms with Crippen LogP contribution >= 0.6 is 0 Å². The fourth-order valence-electron chi connectivity index (χ4n) is 1.92. The molecule has 1 aliphatic rings. The van der Waals surface area contributed by atoms with Crippen molar-refractivity contribution in [2.75, 3.05) is 6.54 Å². The molecule has 0 amide bonds. The Balaban J connectivity index is 2.10. The van der Waals surface area contributed by atoms with Gasteiger partial charge in [-0.25, -0.2) is 0 Å². The zero-order chi connectivity index (χ0) is 8.27. The molecule has 1 heterocycles. The van der Waals surface area contributed by atoms with Crippen molar-refractivity contribution in [1.29, 1.82) is 0 Å². The van der Waals surface area contributed by atoms with Gasteiger partial charge in [0.1, 0.15) is 0 Å². The van der Waals surface area contributed by atoms with Gasteiger partial charge < -0.3 is 0 Å². The van der Waals surface area contributed by atoms with Gasteiger partial charge in [-0.1, -0.05) is 6.08 Å². The summed E-state index contributed by atoms with van der Waals surface area (Å²) >= 11 is 0. The molecule has 1 saturated heterocycles. The molecule has 0 aromatic rings. The highest BCUT2D eigenvalue weighted by Gasteiger charge is 2.30. The first-order chi connectivity index (χ1) is 5.25. The van der Waals surface area contributed by atoms with Gasteiger partial charge in [-0.05, 0) is 39.7 Å². The molecule has 1 aliphatic heterocycles. The molecule has 0 aliphatic carbocycles. The first-order valence-electron chi connectivity index (χ1n) is 4.62. The lowest BCUT2D eigenvalue weighted by Crippen LogP contribution is -2.52. The zero-order valence-corrected chi connectivity index (χ0v) is 7.71. The summed E-state index contributed by atoms with van der Waals surface area (Å²) in [6.07, 6.45) is 5.83. The molecule has 1 fully saturated rings. The summed E-state index contributed by atoms with van der Waals surface area (Å²) in [5, 5.41) is 0. The lowest BCUT2D eigenvalue weighted by molar-refractivity contribution is 0.0374. The maximum Gasteiger partial charge on any atom is 0.00845 e. The van der Waals surface area contributed by atoms with E-state index in [1.807, 2.05) is 6.08 Å². The van der Waals surface area contributed by atoms with Gasteiger partial charge in [0.25, 0.3) is 0 Å². The smallest absolute Gasteiger partial charge is 0.00845 e. The van der Waals surface area contributed by atoms with Gasteiger partial charge in [0.05, 0.1) is 0 Å². The van der Waals surface area contributed by atoms with E-state index < -0.39 is 0 Å². The Morgan fingerprint density at radius 1 is 1.45 bits per heavy atom. The normalized spacial score (nSPS) is 31.5. The molecule has 0 saturated carbocycles. The summed E-state index contributed by atoms with van der Waals surface area (Å²) in [7, 11) is 0. The Morgan fingerprint density at radius 3 is 2.55 bits per heavy atom. The Morgan fingerprint density at radius 2 is 2.09 bits per heavy atom. The molecular weight excluding hydrogens is 134 g/mol. The molecule has 1 heteroatoms. The molecule has 1 rings (SSSR count). The fraction of sp³-hybridized carbons (Fsp3) is 0.800. The number of rotatable bonds is 4. The van der Waals surface area contributed by atoms with Crippen LogP contribution < -0.4 is 0 Å². The third-order valence-electron chi connectivity index (χ3n) is 2.64. The minimum absolute atomic E-state index is 0.829. The van der Waals surface area contributed by atoms with Crippen molar-refractivity contribution in [3.63, 3.8) is 0 Å². The molecule has 2 atom stereocenters. The van der Waals surface area contributed by atoms with Gasteiger partial charge in [0, 0.05) is 12.1 Å². The number of nitrogens with zero attached hydrogens (tertiary/aromatic N) is 1. The van der Waals surface area contributed by atoms with E-state index in [0.717, 1.165) is 18.5 Å². The molecule has 1 nitrogen and oxygen atoms in total. The predicted molar refractivity (Wildman–Crippen MR) is 49.7 cm³/mol. The highest BCUT2D eigenvalue weighted by atomic mass is 15.2. The Labute approximate surface area is 70.1 Å².